The molecule has 1 atom stereocenters. The molecule has 3 aromatic rings. The maximum Gasteiger partial charge on any atom is 0.573 e. The van der Waals surface area contributed by atoms with Gasteiger partial charge in [-0.25, -0.2) is 4.98 Å². The normalized spacial score (nSPS) is 15.9. The van der Waals surface area contributed by atoms with Crippen molar-refractivity contribution in [2.75, 3.05) is 18.1 Å². The Morgan fingerprint density at radius 1 is 1.14 bits per heavy atom. The van der Waals surface area contributed by atoms with E-state index in [1.807, 2.05) is 6.92 Å². The van der Waals surface area contributed by atoms with Gasteiger partial charge in [-0.2, -0.15) is 4.98 Å². The van der Waals surface area contributed by atoms with Gasteiger partial charge in [0.15, 0.2) is 0 Å². The van der Waals surface area contributed by atoms with E-state index in [0.717, 1.165) is 11.6 Å². The van der Waals surface area contributed by atoms with Gasteiger partial charge in [0, 0.05) is 23.6 Å². The van der Waals surface area contributed by atoms with Crippen LogP contribution in [0, 0.1) is 0 Å². The van der Waals surface area contributed by atoms with Crippen LogP contribution in [0.1, 0.15) is 18.4 Å². The summed E-state index contributed by atoms with van der Waals surface area (Å²) in [4.78, 5) is 8.12. The summed E-state index contributed by atoms with van der Waals surface area (Å²) in [6.07, 6.45) is -4.79. The van der Waals surface area contributed by atoms with Crippen molar-refractivity contribution >= 4 is 22.7 Å². The first-order chi connectivity index (χ1) is 13.2. The maximum atomic E-state index is 12.5. The maximum absolute atomic E-state index is 12.5. The summed E-state index contributed by atoms with van der Waals surface area (Å²) >= 11 is 0. The van der Waals surface area contributed by atoms with Crippen LogP contribution in [0.5, 0.6) is 23.0 Å². The van der Waals surface area contributed by atoms with Gasteiger partial charge in [0.1, 0.15) is 28.8 Å². The third-order valence-electron chi connectivity index (χ3n) is 4.22. The molecular weight excluding hydrogens is 377 g/mol. The first kappa shape index (κ1) is 18.0. The van der Waals surface area contributed by atoms with E-state index in [-0.39, 0.29) is 29.2 Å². The third kappa shape index (κ3) is 3.28. The Hall–Kier alpha value is -3.43. The van der Waals surface area contributed by atoms with Crippen LogP contribution in [0.25, 0.3) is 10.9 Å². The molecule has 4 N–H and O–H groups in total. The van der Waals surface area contributed by atoms with Gasteiger partial charge in [-0.3, -0.25) is 0 Å². The summed E-state index contributed by atoms with van der Waals surface area (Å²) in [6.45, 7) is 2.33. The number of ether oxygens (including phenoxy) is 3. The fraction of sp³-hybridized carbons (Fsp3) is 0.222. The molecule has 0 saturated carbocycles. The monoisotopic (exact) mass is 392 g/mol. The van der Waals surface area contributed by atoms with Gasteiger partial charge in [0.05, 0.1) is 17.5 Å². The molecule has 0 fully saturated rings. The Balaban J connectivity index is 1.80. The van der Waals surface area contributed by atoms with Gasteiger partial charge < -0.3 is 25.7 Å². The second kappa shape index (κ2) is 6.32. The predicted molar refractivity (Wildman–Crippen MR) is 95.5 cm³/mol. The molecule has 0 saturated heterocycles. The van der Waals surface area contributed by atoms with Crippen LogP contribution in [0.3, 0.4) is 0 Å². The highest BCUT2D eigenvalue weighted by molar-refractivity contribution is 5.97. The number of halogens is 3. The molecule has 10 heteroatoms. The topological polar surface area (TPSA) is 106 Å². The van der Waals surface area contributed by atoms with Crippen LogP contribution in [-0.2, 0) is 0 Å². The zero-order chi connectivity index (χ0) is 20.1. The van der Waals surface area contributed by atoms with Crippen molar-refractivity contribution in [1.82, 2.24) is 9.97 Å². The zero-order valence-corrected chi connectivity index (χ0v) is 14.6. The number of fused-ring (bicyclic) bond motifs is 3. The fourth-order valence-electron chi connectivity index (χ4n) is 3.15. The van der Waals surface area contributed by atoms with Crippen molar-refractivity contribution in [2.24, 2.45) is 0 Å². The lowest BCUT2D eigenvalue weighted by atomic mass is 9.99. The van der Waals surface area contributed by atoms with Gasteiger partial charge >= 0.3 is 6.36 Å². The van der Waals surface area contributed by atoms with Crippen LogP contribution in [-0.4, -0.2) is 22.9 Å². The van der Waals surface area contributed by atoms with Crippen LogP contribution < -0.4 is 25.7 Å². The summed E-state index contributed by atoms with van der Waals surface area (Å²) in [5.74, 6) is 0.790. The number of nitrogens with two attached hydrogens (primary N) is 2. The molecule has 2 aromatic carbocycles. The van der Waals surface area contributed by atoms with Crippen molar-refractivity contribution < 1.29 is 27.4 Å². The van der Waals surface area contributed by atoms with Crippen LogP contribution in [0.4, 0.5) is 24.9 Å². The van der Waals surface area contributed by atoms with Crippen LogP contribution in [0.2, 0.25) is 0 Å². The largest absolute Gasteiger partial charge is 0.573 e. The lowest BCUT2D eigenvalue weighted by Crippen LogP contribution is -2.17. The van der Waals surface area contributed by atoms with Crippen LogP contribution in [0.15, 0.2) is 30.3 Å². The van der Waals surface area contributed by atoms with Gasteiger partial charge in [-0.05, 0) is 12.1 Å². The number of aromatic nitrogens is 2. The smallest absolute Gasteiger partial charge is 0.492 e. The molecule has 0 radical (unpaired) electrons. The lowest BCUT2D eigenvalue weighted by Gasteiger charge is -2.15. The van der Waals surface area contributed by atoms with E-state index in [1.54, 1.807) is 6.07 Å². The van der Waals surface area contributed by atoms with Gasteiger partial charge in [0.2, 0.25) is 5.95 Å². The molecule has 1 unspecified atom stereocenters. The Bertz CT molecular complexity index is 1070. The molecule has 1 aromatic heterocycles. The molecule has 0 amide bonds. The van der Waals surface area contributed by atoms with Crippen molar-refractivity contribution in [3.8, 4) is 23.0 Å². The first-order valence-electron chi connectivity index (χ1n) is 8.27. The number of anilines is 2. The highest BCUT2D eigenvalue weighted by atomic mass is 19.4. The number of hydrogen-bond acceptors (Lipinski definition) is 7. The number of nitrogen functional groups attached to an aromatic ring is 2. The second-order valence-corrected chi connectivity index (χ2v) is 6.32. The molecule has 0 bridgehead atoms. The fourth-order valence-corrected chi connectivity index (χ4v) is 3.15. The van der Waals surface area contributed by atoms with E-state index < -0.39 is 6.36 Å². The average Bonchev–Trinajstić information content (AvgIpc) is 2.95. The quantitative estimate of drug-likeness (QED) is 0.694. The van der Waals surface area contributed by atoms with E-state index in [0.29, 0.717) is 29.0 Å². The van der Waals surface area contributed by atoms with Crippen molar-refractivity contribution in [3.05, 3.63) is 35.9 Å². The Morgan fingerprint density at radius 2 is 1.89 bits per heavy atom. The minimum Gasteiger partial charge on any atom is -0.492 e. The van der Waals surface area contributed by atoms with Crippen molar-refractivity contribution in [3.63, 3.8) is 0 Å². The standard InChI is InChI=1S/C18H15F3N4O3/c1-8-7-26-15-13(8)12(6-11-14(15)16(22)25-17(23)24-11)27-9-3-2-4-10(5-9)28-18(19,20)21/h2-6,8H,7H2,1H3,(H4,22,23,24,25). The summed E-state index contributed by atoms with van der Waals surface area (Å²) < 4.78 is 53.0. The number of hydrogen-bond donors (Lipinski definition) is 2. The molecule has 0 spiro atoms. The Morgan fingerprint density at radius 3 is 2.64 bits per heavy atom. The zero-order valence-electron chi connectivity index (χ0n) is 14.6. The highest BCUT2D eigenvalue weighted by Crippen LogP contribution is 2.48. The predicted octanol–water partition coefficient (Wildman–Crippen LogP) is 3.98. The summed E-state index contributed by atoms with van der Waals surface area (Å²) in [7, 11) is 0. The molecule has 146 valence electrons. The van der Waals surface area contributed by atoms with E-state index in [1.165, 1.54) is 18.2 Å². The molecular formula is C18H15F3N4O3. The first-order valence-corrected chi connectivity index (χ1v) is 8.27. The molecule has 28 heavy (non-hydrogen) atoms. The van der Waals surface area contributed by atoms with Gasteiger partial charge in [0.25, 0.3) is 0 Å². The van der Waals surface area contributed by atoms with Crippen molar-refractivity contribution in [2.45, 2.75) is 19.2 Å². The average molecular weight is 392 g/mol. The van der Waals surface area contributed by atoms with Crippen LogP contribution >= 0.6 is 0 Å². The molecule has 2 heterocycles. The molecule has 7 nitrogen and oxygen atoms in total. The minimum absolute atomic E-state index is 0.0116. The summed E-state index contributed by atoms with van der Waals surface area (Å²) in [5.41, 5.74) is 12.8. The minimum atomic E-state index is -4.79. The summed E-state index contributed by atoms with van der Waals surface area (Å²) in [5, 5.41) is 0.523. The SMILES string of the molecule is CC1COc2c1c(Oc1cccc(OC(F)(F)F)c1)cc1nc(N)nc(N)c21. The Kier molecular flexibility index (Phi) is 4.06. The van der Waals surface area contributed by atoms with E-state index in [2.05, 4.69) is 14.7 Å². The second-order valence-electron chi connectivity index (χ2n) is 6.32. The highest BCUT2D eigenvalue weighted by Gasteiger charge is 2.32. The number of alkyl halides is 3. The third-order valence-corrected chi connectivity index (χ3v) is 4.22. The van der Waals surface area contributed by atoms with E-state index >= 15 is 0 Å². The Labute approximate surface area is 157 Å². The lowest BCUT2D eigenvalue weighted by molar-refractivity contribution is -0.274. The van der Waals surface area contributed by atoms with E-state index in [4.69, 9.17) is 20.9 Å². The molecule has 4 rings (SSSR count). The van der Waals surface area contributed by atoms with Crippen molar-refractivity contribution in [1.29, 1.82) is 0 Å². The summed E-state index contributed by atoms with van der Waals surface area (Å²) in [6, 6.07) is 6.86. The van der Waals surface area contributed by atoms with Gasteiger partial charge in [-0.1, -0.05) is 13.0 Å². The number of benzene rings is 2. The number of nitrogens with zero attached hydrogens (tertiary/aromatic N) is 2. The van der Waals surface area contributed by atoms with Gasteiger partial charge in [-0.15, -0.1) is 13.2 Å². The molecule has 0 aliphatic carbocycles. The molecule has 1 aliphatic rings. The number of rotatable bonds is 3. The molecule has 1 aliphatic heterocycles. The van der Waals surface area contributed by atoms with E-state index in [9.17, 15) is 13.2 Å².